The average Bonchev–Trinajstić information content (AvgIpc) is 2.46. The molecular weight excluding hydrogens is 158 g/mol. The van der Waals surface area contributed by atoms with E-state index in [1.807, 2.05) is 0 Å². The smallest absolute Gasteiger partial charge is 0.0101 e. The molecule has 0 aromatic carbocycles. The van der Waals surface area contributed by atoms with Gasteiger partial charge in [-0.05, 0) is 55.4 Å². The Hall–Kier alpha value is -0.0400. The Kier molecular flexibility index (Phi) is 1.59. The molecule has 6 unspecified atom stereocenters. The van der Waals surface area contributed by atoms with E-state index in [4.69, 9.17) is 0 Å². The maximum Gasteiger partial charge on any atom is 0.0101 e. The highest BCUT2D eigenvalue weighted by atomic mass is 14.9. The Balaban J connectivity index is 1.90. The highest BCUT2D eigenvalue weighted by Crippen LogP contribution is 2.65. The fourth-order valence-corrected chi connectivity index (χ4v) is 4.76. The van der Waals surface area contributed by atoms with E-state index in [0.29, 0.717) is 0 Å². The monoisotopic (exact) mass is 179 g/mol. The predicted molar refractivity (Wildman–Crippen MR) is 54.4 cm³/mol. The zero-order valence-corrected chi connectivity index (χ0v) is 8.96. The topological polar surface area (TPSA) is 12.0 Å². The van der Waals surface area contributed by atoms with Gasteiger partial charge in [0.05, 0.1) is 0 Å². The molecule has 3 aliphatic carbocycles. The van der Waals surface area contributed by atoms with E-state index in [2.05, 4.69) is 26.2 Å². The van der Waals surface area contributed by atoms with Crippen LogP contribution in [-0.2, 0) is 0 Å². The lowest BCUT2D eigenvalue weighted by atomic mass is 9.65. The van der Waals surface area contributed by atoms with E-state index in [9.17, 15) is 0 Å². The highest BCUT2D eigenvalue weighted by Gasteiger charge is 2.62. The quantitative estimate of drug-likeness (QED) is 0.650. The molecule has 0 bridgehead atoms. The molecule has 1 N–H and O–H groups in total. The SMILES string of the molecule is CNC1CC2C[C@H]3C(C)C(C)C1C23. The molecule has 3 fully saturated rings. The number of hydrogen-bond acceptors (Lipinski definition) is 1. The molecule has 0 aliphatic heterocycles. The van der Waals surface area contributed by atoms with E-state index in [-0.39, 0.29) is 0 Å². The zero-order valence-electron chi connectivity index (χ0n) is 8.96. The van der Waals surface area contributed by atoms with Crippen molar-refractivity contribution in [1.82, 2.24) is 5.32 Å². The van der Waals surface area contributed by atoms with Gasteiger partial charge < -0.3 is 5.32 Å². The maximum absolute atomic E-state index is 3.54. The van der Waals surface area contributed by atoms with Crippen molar-refractivity contribution >= 4 is 0 Å². The molecule has 1 nitrogen and oxygen atoms in total. The van der Waals surface area contributed by atoms with Gasteiger partial charge in [0, 0.05) is 6.04 Å². The number of rotatable bonds is 1. The van der Waals surface area contributed by atoms with Crippen LogP contribution in [0.4, 0.5) is 0 Å². The van der Waals surface area contributed by atoms with Crippen LogP contribution in [0.1, 0.15) is 26.7 Å². The molecule has 1 heteroatoms. The van der Waals surface area contributed by atoms with Crippen molar-refractivity contribution < 1.29 is 0 Å². The van der Waals surface area contributed by atoms with Crippen molar-refractivity contribution in [3.05, 3.63) is 0 Å². The van der Waals surface area contributed by atoms with Gasteiger partial charge in [0.25, 0.3) is 0 Å². The van der Waals surface area contributed by atoms with Crippen LogP contribution in [0.5, 0.6) is 0 Å². The van der Waals surface area contributed by atoms with E-state index < -0.39 is 0 Å². The Morgan fingerprint density at radius 2 is 1.77 bits per heavy atom. The van der Waals surface area contributed by atoms with Crippen molar-refractivity contribution in [1.29, 1.82) is 0 Å². The van der Waals surface area contributed by atoms with Crippen LogP contribution in [0.2, 0.25) is 0 Å². The minimum absolute atomic E-state index is 0.847. The first-order valence-electron chi connectivity index (χ1n) is 5.91. The van der Waals surface area contributed by atoms with E-state index in [1.165, 1.54) is 6.42 Å². The zero-order chi connectivity index (χ0) is 9.16. The lowest BCUT2D eigenvalue weighted by molar-refractivity contribution is 0.0904. The molecule has 7 atom stereocenters. The Morgan fingerprint density at radius 3 is 2.46 bits per heavy atom. The van der Waals surface area contributed by atoms with Crippen molar-refractivity contribution in [2.75, 3.05) is 7.05 Å². The molecule has 0 heterocycles. The Labute approximate surface area is 81.3 Å². The maximum atomic E-state index is 3.54. The van der Waals surface area contributed by atoms with E-state index >= 15 is 0 Å². The molecule has 0 radical (unpaired) electrons. The summed E-state index contributed by atoms with van der Waals surface area (Å²) in [5, 5.41) is 3.54. The summed E-state index contributed by atoms with van der Waals surface area (Å²) in [7, 11) is 2.15. The van der Waals surface area contributed by atoms with Crippen LogP contribution < -0.4 is 5.32 Å². The minimum Gasteiger partial charge on any atom is -0.317 e. The molecule has 3 saturated carbocycles. The fourth-order valence-electron chi connectivity index (χ4n) is 4.76. The summed E-state index contributed by atoms with van der Waals surface area (Å²) >= 11 is 0. The van der Waals surface area contributed by atoms with Gasteiger partial charge in [-0.25, -0.2) is 0 Å². The second kappa shape index (κ2) is 2.50. The lowest BCUT2D eigenvalue weighted by Gasteiger charge is -2.39. The first-order valence-corrected chi connectivity index (χ1v) is 5.91. The molecule has 0 aromatic rings. The first kappa shape index (κ1) is 8.28. The van der Waals surface area contributed by atoms with Crippen molar-refractivity contribution in [3.8, 4) is 0 Å². The summed E-state index contributed by atoms with van der Waals surface area (Å²) in [6.07, 6.45) is 3.02. The fraction of sp³-hybridized carbons (Fsp3) is 1.00. The lowest BCUT2D eigenvalue weighted by Crippen LogP contribution is -2.33. The van der Waals surface area contributed by atoms with Gasteiger partial charge in [-0.2, -0.15) is 0 Å². The molecule has 13 heavy (non-hydrogen) atoms. The first-order chi connectivity index (χ1) is 6.24. The van der Waals surface area contributed by atoms with Crippen molar-refractivity contribution in [3.63, 3.8) is 0 Å². The molecule has 74 valence electrons. The van der Waals surface area contributed by atoms with Crippen molar-refractivity contribution in [2.45, 2.75) is 32.7 Å². The van der Waals surface area contributed by atoms with Gasteiger partial charge in [-0.3, -0.25) is 0 Å². The summed E-state index contributed by atoms with van der Waals surface area (Å²) in [6.45, 7) is 4.97. The molecular formula is C12H21N. The molecule has 0 amide bonds. The molecule has 3 aliphatic rings. The van der Waals surface area contributed by atoms with Crippen LogP contribution in [-0.4, -0.2) is 13.1 Å². The van der Waals surface area contributed by atoms with Gasteiger partial charge in [-0.15, -0.1) is 0 Å². The third-order valence-corrected chi connectivity index (χ3v) is 5.56. The normalized spacial score (nSPS) is 63.5. The van der Waals surface area contributed by atoms with Crippen molar-refractivity contribution in [2.24, 2.45) is 35.5 Å². The van der Waals surface area contributed by atoms with Crippen LogP contribution in [0.3, 0.4) is 0 Å². The molecule has 0 aromatic heterocycles. The number of hydrogen-bond donors (Lipinski definition) is 1. The van der Waals surface area contributed by atoms with Gasteiger partial charge in [-0.1, -0.05) is 13.8 Å². The standard InChI is InChI=1S/C12H21N/c1-6-7(2)11-10(13-3)5-8-4-9(6)12(8)11/h6-13H,4-5H2,1-3H3/t6?,7?,8?,9-,10?,11?,12?/m0/s1. The van der Waals surface area contributed by atoms with Crippen LogP contribution in [0.25, 0.3) is 0 Å². The molecule has 0 saturated heterocycles. The second-order valence-electron chi connectivity index (χ2n) is 5.66. The second-order valence-corrected chi connectivity index (χ2v) is 5.66. The predicted octanol–water partition coefficient (Wildman–Crippen LogP) is 2.13. The summed E-state index contributed by atoms with van der Waals surface area (Å²) in [4.78, 5) is 0. The van der Waals surface area contributed by atoms with Gasteiger partial charge in [0.2, 0.25) is 0 Å². The van der Waals surface area contributed by atoms with Crippen LogP contribution in [0.15, 0.2) is 0 Å². The van der Waals surface area contributed by atoms with Crippen LogP contribution in [0, 0.1) is 35.5 Å². The van der Waals surface area contributed by atoms with E-state index in [1.54, 1.807) is 6.42 Å². The van der Waals surface area contributed by atoms with Gasteiger partial charge in [0.1, 0.15) is 0 Å². The average molecular weight is 179 g/mol. The summed E-state index contributed by atoms with van der Waals surface area (Å²) in [6, 6.07) is 0.847. The van der Waals surface area contributed by atoms with Crippen LogP contribution >= 0.6 is 0 Å². The highest BCUT2D eigenvalue weighted by molar-refractivity contribution is 5.12. The molecule has 0 spiro atoms. The molecule has 3 rings (SSSR count). The Bertz CT molecular complexity index is 223. The Morgan fingerprint density at radius 1 is 1.00 bits per heavy atom. The number of nitrogens with one attached hydrogen (secondary N) is 1. The third kappa shape index (κ3) is 0.823. The van der Waals surface area contributed by atoms with E-state index in [0.717, 1.165) is 41.5 Å². The van der Waals surface area contributed by atoms with Gasteiger partial charge in [0.15, 0.2) is 0 Å². The summed E-state index contributed by atoms with van der Waals surface area (Å²) in [5.74, 6) is 6.30. The largest absolute Gasteiger partial charge is 0.317 e. The third-order valence-electron chi connectivity index (χ3n) is 5.56. The summed E-state index contributed by atoms with van der Waals surface area (Å²) in [5.41, 5.74) is 0. The summed E-state index contributed by atoms with van der Waals surface area (Å²) < 4.78 is 0. The van der Waals surface area contributed by atoms with Gasteiger partial charge >= 0.3 is 0 Å². The minimum atomic E-state index is 0.847.